The molecule has 1 aromatic heterocycles. The maximum Gasteiger partial charge on any atom is 0.270 e. The van der Waals surface area contributed by atoms with Crippen molar-refractivity contribution < 1.29 is 9.53 Å². The molecule has 1 aromatic carbocycles. The largest absolute Gasteiger partial charge is 0.497 e. The van der Waals surface area contributed by atoms with E-state index in [2.05, 4.69) is 4.98 Å². The highest BCUT2D eigenvalue weighted by Gasteiger charge is 2.33. The van der Waals surface area contributed by atoms with Crippen LogP contribution in [-0.4, -0.2) is 22.3 Å². The number of methoxy groups -OCH3 is 1. The van der Waals surface area contributed by atoms with Crippen LogP contribution in [0.15, 0.2) is 53.7 Å². The Labute approximate surface area is 137 Å². The molecule has 110 valence electrons. The van der Waals surface area contributed by atoms with Gasteiger partial charge in [-0.25, -0.2) is 0 Å². The van der Waals surface area contributed by atoms with E-state index in [4.69, 9.17) is 17.0 Å². The Kier molecular flexibility index (Phi) is 4.22. The third kappa shape index (κ3) is 2.88. The molecule has 0 N–H and O–H groups in total. The highest BCUT2D eigenvalue weighted by Crippen LogP contribution is 2.36. The van der Waals surface area contributed by atoms with Gasteiger partial charge in [-0.2, -0.15) is 0 Å². The maximum atomic E-state index is 12.6. The molecular weight excluding hydrogens is 316 g/mol. The maximum absolute atomic E-state index is 12.6. The molecule has 1 amide bonds. The van der Waals surface area contributed by atoms with Crippen LogP contribution in [-0.2, 0) is 4.79 Å². The van der Waals surface area contributed by atoms with Crippen LogP contribution in [0.2, 0.25) is 0 Å². The van der Waals surface area contributed by atoms with E-state index in [9.17, 15) is 4.79 Å². The van der Waals surface area contributed by atoms with Gasteiger partial charge in [0.15, 0.2) is 4.32 Å². The Bertz CT molecular complexity index is 760. The second-order valence-electron chi connectivity index (χ2n) is 4.50. The number of hydrogen-bond donors (Lipinski definition) is 0. The Morgan fingerprint density at radius 3 is 2.77 bits per heavy atom. The SMILES string of the molecule is COc1cccc(N2C(=O)/C(=C/c3ccncc3)SC2=S)c1. The van der Waals surface area contributed by atoms with Crippen molar-refractivity contribution >= 4 is 46.0 Å². The molecule has 0 unspecified atom stereocenters. The summed E-state index contributed by atoms with van der Waals surface area (Å²) in [6.45, 7) is 0. The number of nitrogens with zero attached hydrogens (tertiary/aromatic N) is 2. The molecule has 3 rings (SSSR count). The fourth-order valence-corrected chi connectivity index (χ4v) is 3.35. The minimum absolute atomic E-state index is 0.125. The topological polar surface area (TPSA) is 42.4 Å². The number of carbonyl (C=O) groups excluding carboxylic acids is 1. The first kappa shape index (κ1) is 14.7. The molecule has 1 fully saturated rings. The molecule has 22 heavy (non-hydrogen) atoms. The van der Waals surface area contributed by atoms with Crippen LogP contribution in [0.4, 0.5) is 5.69 Å². The summed E-state index contributed by atoms with van der Waals surface area (Å²) in [5, 5.41) is 0. The van der Waals surface area contributed by atoms with Crippen molar-refractivity contribution in [3.8, 4) is 5.75 Å². The monoisotopic (exact) mass is 328 g/mol. The molecule has 2 aromatic rings. The van der Waals surface area contributed by atoms with Crippen LogP contribution in [0.5, 0.6) is 5.75 Å². The number of anilines is 1. The number of pyridine rings is 1. The molecule has 0 atom stereocenters. The van der Waals surface area contributed by atoms with Gasteiger partial charge >= 0.3 is 0 Å². The summed E-state index contributed by atoms with van der Waals surface area (Å²) in [7, 11) is 1.59. The molecule has 6 heteroatoms. The first-order valence-electron chi connectivity index (χ1n) is 6.51. The fourth-order valence-electron chi connectivity index (χ4n) is 2.05. The summed E-state index contributed by atoms with van der Waals surface area (Å²) in [4.78, 5) is 18.7. The van der Waals surface area contributed by atoms with E-state index < -0.39 is 0 Å². The van der Waals surface area contributed by atoms with Gasteiger partial charge in [0.25, 0.3) is 5.91 Å². The van der Waals surface area contributed by atoms with Crippen molar-refractivity contribution in [1.82, 2.24) is 4.98 Å². The van der Waals surface area contributed by atoms with E-state index >= 15 is 0 Å². The predicted molar refractivity (Wildman–Crippen MR) is 92.9 cm³/mol. The number of carbonyl (C=O) groups is 1. The Morgan fingerprint density at radius 2 is 2.05 bits per heavy atom. The smallest absolute Gasteiger partial charge is 0.270 e. The normalized spacial score (nSPS) is 16.4. The lowest BCUT2D eigenvalue weighted by molar-refractivity contribution is -0.113. The number of hydrogen-bond acceptors (Lipinski definition) is 5. The second-order valence-corrected chi connectivity index (χ2v) is 6.17. The van der Waals surface area contributed by atoms with E-state index in [1.165, 1.54) is 16.7 Å². The van der Waals surface area contributed by atoms with Crippen LogP contribution in [0.25, 0.3) is 6.08 Å². The lowest BCUT2D eigenvalue weighted by Crippen LogP contribution is -2.27. The third-order valence-corrected chi connectivity index (χ3v) is 4.41. The van der Waals surface area contributed by atoms with Gasteiger partial charge in [0.1, 0.15) is 5.75 Å². The average Bonchev–Trinajstić information content (AvgIpc) is 2.82. The van der Waals surface area contributed by atoms with Crippen molar-refractivity contribution in [2.45, 2.75) is 0 Å². The predicted octanol–water partition coefficient (Wildman–Crippen LogP) is 3.50. The first-order valence-corrected chi connectivity index (χ1v) is 7.73. The van der Waals surface area contributed by atoms with Gasteiger partial charge < -0.3 is 4.74 Å². The van der Waals surface area contributed by atoms with Gasteiger partial charge in [-0.1, -0.05) is 30.0 Å². The molecule has 0 aliphatic carbocycles. The van der Waals surface area contributed by atoms with E-state index in [1.807, 2.05) is 36.4 Å². The summed E-state index contributed by atoms with van der Waals surface area (Å²) in [6.07, 6.45) is 5.20. The number of rotatable bonds is 3. The van der Waals surface area contributed by atoms with Crippen molar-refractivity contribution in [1.29, 1.82) is 0 Å². The van der Waals surface area contributed by atoms with Crippen molar-refractivity contribution in [2.75, 3.05) is 12.0 Å². The zero-order valence-corrected chi connectivity index (χ0v) is 13.4. The minimum Gasteiger partial charge on any atom is -0.497 e. The number of amides is 1. The highest BCUT2D eigenvalue weighted by atomic mass is 32.2. The standard InChI is InChI=1S/C16H12N2O2S2/c1-20-13-4-2-3-12(10-13)18-15(19)14(22-16(18)21)9-11-5-7-17-8-6-11/h2-10H,1H3/b14-9-. The fraction of sp³-hybridized carbons (Fsp3) is 0.0625. The van der Waals surface area contributed by atoms with Gasteiger partial charge in [0, 0.05) is 18.5 Å². The van der Waals surface area contributed by atoms with E-state index in [0.717, 1.165) is 5.56 Å². The van der Waals surface area contributed by atoms with E-state index in [0.29, 0.717) is 20.7 Å². The van der Waals surface area contributed by atoms with Crippen LogP contribution in [0, 0.1) is 0 Å². The number of thiocarbonyl (C=S) groups is 1. The number of thioether (sulfide) groups is 1. The van der Waals surface area contributed by atoms with Crippen molar-refractivity contribution in [2.24, 2.45) is 0 Å². The molecule has 1 aliphatic rings. The van der Waals surface area contributed by atoms with Crippen molar-refractivity contribution in [3.05, 3.63) is 59.3 Å². The van der Waals surface area contributed by atoms with Gasteiger partial charge in [-0.15, -0.1) is 0 Å². The van der Waals surface area contributed by atoms with E-state index in [-0.39, 0.29) is 5.91 Å². The summed E-state index contributed by atoms with van der Waals surface area (Å²) in [6, 6.07) is 11.0. The molecule has 0 spiro atoms. The van der Waals surface area contributed by atoms with Crippen molar-refractivity contribution in [3.63, 3.8) is 0 Å². The third-order valence-electron chi connectivity index (χ3n) is 3.11. The van der Waals surface area contributed by atoms with Gasteiger partial charge in [-0.3, -0.25) is 14.7 Å². The molecular formula is C16H12N2O2S2. The Morgan fingerprint density at radius 1 is 1.27 bits per heavy atom. The summed E-state index contributed by atoms with van der Waals surface area (Å²) >= 11 is 6.64. The van der Waals surface area contributed by atoms with Crippen LogP contribution in [0.3, 0.4) is 0 Å². The lowest BCUT2D eigenvalue weighted by Gasteiger charge is -2.15. The molecule has 4 nitrogen and oxygen atoms in total. The average molecular weight is 328 g/mol. The van der Waals surface area contributed by atoms with Gasteiger partial charge in [0.05, 0.1) is 17.7 Å². The number of aromatic nitrogens is 1. The molecule has 0 bridgehead atoms. The summed E-state index contributed by atoms with van der Waals surface area (Å²) in [5.41, 5.74) is 1.63. The highest BCUT2D eigenvalue weighted by molar-refractivity contribution is 8.27. The van der Waals surface area contributed by atoms with Crippen LogP contribution >= 0.6 is 24.0 Å². The Balaban J connectivity index is 1.93. The quantitative estimate of drug-likeness (QED) is 0.637. The first-order chi connectivity index (χ1) is 10.7. The lowest BCUT2D eigenvalue weighted by atomic mass is 10.2. The molecule has 2 heterocycles. The summed E-state index contributed by atoms with van der Waals surface area (Å²) < 4.78 is 5.71. The second kappa shape index (κ2) is 6.29. The number of ether oxygens (including phenoxy) is 1. The van der Waals surface area contributed by atoms with Crippen LogP contribution in [0.1, 0.15) is 5.56 Å². The molecule has 0 radical (unpaired) electrons. The van der Waals surface area contributed by atoms with Gasteiger partial charge in [-0.05, 0) is 35.9 Å². The zero-order chi connectivity index (χ0) is 15.5. The Hall–Kier alpha value is -2.18. The molecule has 1 saturated heterocycles. The minimum atomic E-state index is -0.125. The van der Waals surface area contributed by atoms with Crippen LogP contribution < -0.4 is 9.64 Å². The zero-order valence-electron chi connectivity index (χ0n) is 11.7. The van der Waals surface area contributed by atoms with Gasteiger partial charge in [0.2, 0.25) is 0 Å². The number of benzene rings is 1. The molecule has 0 saturated carbocycles. The molecule has 1 aliphatic heterocycles. The summed E-state index contributed by atoms with van der Waals surface area (Å²) in [5.74, 6) is 0.560. The van der Waals surface area contributed by atoms with E-state index in [1.54, 1.807) is 25.6 Å².